The quantitative estimate of drug-likeness (QED) is 0.519. The zero-order valence-electron chi connectivity index (χ0n) is 10.9. The van der Waals surface area contributed by atoms with Crippen LogP contribution >= 0.6 is 11.8 Å². The van der Waals surface area contributed by atoms with Crippen LogP contribution in [0.3, 0.4) is 0 Å². The van der Waals surface area contributed by atoms with Gasteiger partial charge in [0.2, 0.25) is 5.91 Å². The summed E-state index contributed by atoms with van der Waals surface area (Å²) in [6, 6.07) is 8.57. The van der Waals surface area contributed by atoms with E-state index in [0.29, 0.717) is 16.4 Å². The third-order valence-electron chi connectivity index (χ3n) is 2.43. The number of nitrogens with zero attached hydrogens (tertiary/aromatic N) is 2. The number of nitrogens with one attached hydrogen (secondary N) is 1. The van der Waals surface area contributed by atoms with Crippen molar-refractivity contribution in [1.29, 1.82) is 0 Å². The first-order chi connectivity index (χ1) is 9.65. The number of amides is 1. The molecule has 0 unspecified atom stereocenters. The van der Waals surface area contributed by atoms with Crippen LogP contribution in [-0.2, 0) is 4.79 Å². The third-order valence-corrected chi connectivity index (χ3v) is 3.30. The molecule has 0 saturated heterocycles. The summed E-state index contributed by atoms with van der Waals surface area (Å²) in [5.41, 5.74) is 1.18. The maximum Gasteiger partial charge on any atom is 0.234 e. The SMILES string of the molecule is CC(=O)c1cccc(NC(=O)CSc2ncccn2)c1. The molecule has 1 heterocycles. The highest BCUT2D eigenvalue weighted by Gasteiger charge is 2.06. The number of hydrogen-bond donors (Lipinski definition) is 1. The molecule has 0 aliphatic carbocycles. The molecule has 1 aromatic heterocycles. The van der Waals surface area contributed by atoms with Gasteiger partial charge >= 0.3 is 0 Å². The number of carbonyl (C=O) groups excluding carboxylic acids is 2. The molecule has 0 aliphatic heterocycles. The van der Waals surface area contributed by atoms with Gasteiger partial charge in [0.05, 0.1) is 5.75 Å². The summed E-state index contributed by atoms with van der Waals surface area (Å²) >= 11 is 1.26. The Morgan fingerprint density at radius 1 is 1.20 bits per heavy atom. The number of anilines is 1. The lowest BCUT2D eigenvalue weighted by molar-refractivity contribution is -0.113. The lowest BCUT2D eigenvalue weighted by Crippen LogP contribution is -2.14. The number of benzene rings is 1. The number of thioether (sulfide) groups is 1. The highest BCUT2D eigenvalue weighted by Crippen LogP contribution is 2.14. The zero-order chi connectivity index (χ0) is 14.4. The second kappa shape index (κ2) is 6.81. The van der Waals surface area contributed by atoms with Gasteiger partial charge in [0.1, 0.15) is 0 Å². The summed E-state index contributed by atoms with van der Waals surface area (Å²) in [6.07, 6.45) is 3.26. The normalized spacial score (nSPS) is 10.1. The first-order valence-corrected chi connectivity index (χ1v) is 6.94. The molecule has 0 bridgehead atoms. The molecular formula is C14H13N3O2S. The lowest BCUT2D eigenvalue weighted by Gasteiger charge is -2.05. The second-order valence-electron chi connectivity index (χ2n) is 4.01. The van der Waals surface area contributed by atoms with Crippen molar-refractivity contribution >= 4 is 29.1 Å². The summed E-state index contributed by atoms with van der Waals surface area (Å²) < 4.78 is 0. The lowest BCUT2D eigenvalue weighted by atomic mass is 10.1. The van der Waals surface area contributed by atoms with Gasteiger partial charge in [0, 0.05) is 23.6 Å². The summed E-state index contributed by atoms with van der Waals surface area (Å²) in [7, 11) is 0. The monoisotopic (exact) mass is 287 g/mol. The van der Waals surface area contributed by atoms with Crippen LogP contribution in [0.4, 0.5) is 5.69 Å². The van der Waals surface area contributed by atoms with Crippen LogP contribution in [0.25, 0.3) is 0 Å². The van der Waals surface area contributed by atoms with Crippen LogP contribution in [0.5, 0.6) is 0 Å². The van der Waals surface area contributed by atoms with Crippen molar-refractivity contribution in [3.63, 3.8) is 0 Å². The molecule has 0 atom stereocenters. The van der Waals surface area contributed by atoms with E-state index in [-0.39, 0.29) is 17.4 Å². The highest BCUT2D eigenvalue weighted by atomic mass is 32.2. The Labute approximate surface area is 120 Å². The molecule has 2 rings (SSSR count). The molecular weight excluding hydrogens is 274 g/mol. The average Bonchev–Trinajstić information content (AvgIpc) is 2.46. The van der Waals surface area contributed by atoms with Gasteiger partial charge in [0.15, 0.2) is 10.9 Å². The van der Waals surface area contributed by atoms with Gasteiger partial charge in [-0.15, -0.1) is 0 Å². The number of rotatable bonds is 5. The zero-order valence-corrected chi connectivity index (χ0v) is 11.7. The van der Waals surface area contributed by atoms with E-state index in [1.165, 1.54) is 18.7 Å². The Balaban J connectivity index is 1.91. The molecule has 0 aliphatic rings. The van der Waals surface area contributed by atoms with Gasteiger partial charge in [-0.1, -0.05) is 23.9 Å². The Bertz CT molecular complexity index is 617. The minimum atomic E-state index is -0.164. The minimum absolute atomic E-state index is 0.0341. The van der Waals surface area contributed by atoms with Gasteiger partial charge in [0.25, 0.3) is 0 Å². The van der Waals surface area contributed by atoms with E-state index in [0.717, 1.165) is 0 Å². The minimum Gasteiger partial charge on any atom is -0.325 e. The Morgan fingerprint density at radius 3 is 2.65 bits per heavy atom. The fraction of sp³-hybridized carbons (Fsp3) is 0.143. The summed E-state index contributed by atoms with van der Waals surface area (Å²) in [6.45, 7) is 1.49. The van der Waals surface area contributed by atoms with Crippen LogP contribution < -0.4 is 5.32 Å². The highest BCUT2D eigenvalue weighted by molar-refractivity contribution is 7.99. The summed E-state index contributed by atoms with van der Waals surface area (Å²) in [5.74, 6) is 0.0187. The molecule has 5 nitrogen and oxygen atoms in total. The van der Waals surface area contributed by atoms with Crippen LogP contribution in [0, 0.1) is 0 Å². The number of aromatic nitrogens is 2. The number of Topliss-reactive ketones (excluding diaryl/α,β-unsaturated/α-hetero) is 1. The van der Waals surface area contributed by atoms with E-state index in [1.54, 1.807) is 42.7 Å². The van der Waals surface area contributed by atoms with E-state index in [2.05, 4.69) is 15.3 Å². The van der Waals surface area contributed by atoms with E-state index < -0.39 is 0 Å². The first kappa shape index (κ1) is 14.2. The van der Waals surface area contributed by atoms with Crippen molar-refractivity contribution in [2.24, 2.45) is 0 Å². The van der Waals surface area contributed by atoms with Crippen molar-refractivity contribution < 1.29 is 9.59 Å². The van der Waals surface area contributed by atoms with Crippen LogP contribution in [0.15, 0.2) is 47.9 Å². The molecule has 102 valence electrons. The molecule has 0 radical (unpaired) electrons. The number of carbonyl (C=O) groups is 2. The van der Waals surface area contributed by atoms with Crippen molar-refractivity contribution in [2.45, 2.75) is 12.1 Å². The van der Waals surface area contributed by atoms with Crippen molar-refractivity contribution in [3.8, 4) is 0 Å². The van der Waals surface area contributed by atoms with Crippen LogP contribution in [0.1, 0.15) is 17.3 Å². The smallest absolute Gasteiger partial charge is 0.234 e. The number of hydrogen-bond acceptors (Lipinski definition) is 5. The predicted octanol–water partition coefficient (Wildman–Crippen LogP) is 2.41. The Hall–Kier alpha value is -2.21. The van der Waals surface area contributed by atoms with Crippen LogP contribution in [-0.4, -0.2) is 27.4 Å². The molecule has 0 fully saturated rings. The second-order valence-corrected chi connectivity index (χ2v) is 4.95. The van der Waals surface area contributed by atoms with Gasteiger partial charge in [-0.25, -0.2) is 9.97 Å². The summed E-state index contributed by atoms with van der Waals surface area (Å²) in [4.78, 5) is 31.1. The van der Waals surface area contributed by atoms with E-state index in [1.807, 2.05) is 0 Å². The predicted molar refractivity (Wildman–Crippen MR) is 77.8 cm³/mol. The molecule has 1 amide bonds. The molecule has 20 heavy (non-hydrogen) atoms. The number of ketones is 1. The standard InChI is InChI=1S/C14H13N3O2S/c1-10(18)11-4-2-5-12(8-11)17-13(19)9-20-14-15-6-3-7-16-14/h2-8H,9H2,1H3,(H,17,19). The van der Waals surface area contributed by atoms with Crippen LogP contribution in [0.2, 0.25) is 0 Å². The fourth-order valence-electron chi connectivity index (χ4n) is 1.50. The fourth-order valence-corrected chi connectivity index (χ4v) is 2.11. The van der Waals surface area contributed by atoms with Gasteiger partial charge < -0.3 is 5.32 Å². The molecule has 0 spiro atoms. The average molecular weight is 287 g/mol. The molecule has 6 heteroatoms. The van der Waals surface area contributed by atoms with E-state index in [9.17, 15) is 9.59 Å². The van der Waals surface area contributed by atoms with Crippen molar-refractivity contribution in [2.75, 3.05) is 11.1 Å². The van der Waals surface area contributed by atoms with E-state index >= 15 is 0 Å². The Morgan fingerprint density at radius 2 is 1.95 bits per heavy atom. The molecule has 0 saturated carbocycles. The Kier molecular flexibility index (Phi) is 4.84. The summed E-state index contributed by atoms with van der Waals surface area (Å²) in [5, 5.41) is 3.30. The van der Waals surface area contributed by atoms with Crippen molar-refractivity contribution in [3.05, 3.63) is 48.3 Å². The third kappa shape index (κ3) is 4.17. The van der Waals surface area contributed by atoms with Gasteiger partial charge in [-0.2, -0.15) is 0 Å². The molecule has 2 aromatic rings. The topological polar surface area (TPSA) is 72.0 Å². The van der Waals surface area contributed by atoms with Gasteiger partial charge in [-0.3, -0.25) is 9.59 Å². The van der Waals surface area contributed by atoms with Crippen molar-refractivity contribution in [1.82, 2.24) is 9.97 Å². The maximum absolute atomic E-state index is 11.8. The maximum atomic E-state index is 11.8. The molecule has 1 aromatic carbocycles. The largest absolute Gasteiger partial charge is 0.325 e. The first-order valence-electron chi connectivity index (χ1n) is 5.96. The molecule has 1 N–H and O–H groups in total. The van der Waals surface area contributed by atoms with E-state index in [4.69, 9.17) is 0 Å². The van der Waals surface area contributed by atoms with Gasteiger partial charge in [-0.05, 0) is 25.1 Å².